The number of alkyl halides is 3. The first-order chi connectivity index (χ1) is 14.1. The molecular weight excluding hydrogens is 427 g/mol. The van der Waals surface area contributed by atoms with Crippen LogP contribution in [0.4, 0.5) is 13.2 Å². The summed E-state index contributed by atoms with van der Waals surface area (Å²) in [6.45, 7) is 3.55. The predicted molar refractivity (Wildman–Crippen MR) is 102 cm³/mol. The van der Waals surface area contributed by atoms with Gasteiger partial charge in [0.15, 0.2) is 11.0 Å². The topological polar surface area (TPSA) is 86.4 Å². The first-order valence-corrected chi connectivity index (χ1v) is 10.2. The zero-order valence-electron chi connectivity index (χ0n) is 16.3. The smallest absolute Gasteiger partial charge is 0.413 e. The van der Waals surface area contributed by atoms with Crippen LogP contribution >= 0.6 is 11.8 Å². The third-order valence-corrected chi connectivity index (χ3v) is 6.57. The first kappa shape index (κ1) is 21.2. The van der Waals surface area contributed by atoms with Gasteiger partial charge < -0.3 is 19.1 Å². The number of amidine groups is 1. The highest BCUT2D eigenvalue weighted by Gasteiger charge is 2.46. The highest BCUT2D eigenvalue weighted by Crippen LogP contribution is 2.47. The largest absolute Gasteiger partial charge is 0.481 e. The van der Waals surface area contributed by atoms with E-state index in [1.54, 1.807) is 0 Å². The molecule has 1 spiro atoms. The van der Waals surface area contributed by atoms with Crippen LogP contribution in [0.5, 0.6) is 0 Å². The zero-order chi connectivity index (χ0) is 21.7. The Hall–Kier alpha value is -2.05. The van der Waals surface area contributed by atoms with Gasteiger partial charge in [-0.3, -0.25) is 10.1 Å². The fourth-order valence-corrected chi connectivity index (χ4v) is 5.03. The lowest BCUT2D eigenvalue weighted by Gasteiger charge is -2.39. The molecule has 0 aromatic rings. The second-order valence-electron chi connectivity index (χ2n) is 7.44. The van der Waals surface area contributed by atoms with Crippen molar-refractivity contribution in [2.75, 3.05) is 26.8 Å². The molecule has 2 saturated heterocycles. The number of methoxy groups -OCH3 is 1. The standard InChI is InChI=1S/C18H20F3N3O5S/c1-10-9-28-17(29-10)3-5-23(6-4-17)16-22-15(27-2)12-7-11(18(19,20)21)8-13(24(25)26)14(12)30-16/h8,10H,3-7,9H2,1-2H3. The molecule has 12 heteroatoms. The Labute approximate surface area is 174 Å². The number of halogens is 3. The van der Waals surface area contributed by atoms with Crippen LogP contribution in [0.1, 0.15) is 26.2 Å². The Balaban J connectivity index is 1.62. The second kappa shape index (κ2) is 7.57. The van der Waals surface area contributed by atoms with Gasteiger partial charge in [-0.15, -0.1) is 0 Å². The molecule has 0 saturated carbocycles. The Morgan fingerprint density at radius 3 is 2.63 bits per heavy atom. The van der Waals surface area contributed by atoms with Crippen LogP contribution in [-0.2, 0) is 14.2 Å². The van der Waals surface area contributed by atoms with Crippen molar-refractivity contribution in [2.45, 2.75) is 44.3 Å². The minimum Gasteiger partial charge on any atom is -0.481 e. The summed E-state index contributed by atoms with van der Waals surface area (Å²) in [5.74, 6) is -0.656. The molecule has 3 heterocycles. The maximum Gasteiger partial charge on any atom is 0.413 e. The number of thioether (sulfide) groups is 1. The minimum absolute atomic E-state index is 0.0215. The van der Waals surface area contributed by atoms with Crippen molar-refractivity contribution in [2.24, 2.45) is 4.99 Å². The minimum atomic E-state index is -4.67. The lowest BCUT2D eigenvalue weighted by Crippen LogP contribution is -2.47. The van der Waals surface area contributed by atoms with E-state index in [-0.39, 0.29) is 22.5 Å². The fraction of sp³-hybridized carbons (Fsp3) is 0.611. The molecular formula is C18H20F3N3O5S. The van der Waals surface area contributed by atoms with Gasteiger partial charge >= 0.3 is 6.18 Å². The average Bonchev–Trinajstić information content (AvgIpc) is 3.05. The molecule has 0 N–H and O–H groups in total. The number of piperidine rings is 1. The molecule has 1 atom stereocenters. The number of nitro groups is 1. The Morgan fingerprint density at radius 1 is 1.40 bits per heavy atom. The molecule has 164 valence electrons. The Kier molecular flexibility index (Phi) is 5.35. The molecule has 1 unspecified atom stereocenters. The van der Waals surface area contributed by atoms with E-state index in [9.17, 15) is 23.3 Å². The number of nitrogens with zero attached hydrogens (tertiary/aromatic N) is 3. The van der Waals surface area contributed by atoms with Crippen molar-refractivity contribution in [3.63, 3.8) is 0 Å². The van der Waals surface area contributed by atoms with Gasteiger partial charge in [0.2, 0.25) is 5.88 Å². The SMILES string of the molecule is COC1=C2CC(C(F)(F)F)=CC([N+](=O)[O-])=C2SC(N2CCC3(CC2)OCC(C)O3)=N1. The summed E-state index contributed by atoms with van der Waals surface area (Å²) in [5, 5.41) is 12.0. The van der Waals surface area contributed by atoms with E-state index >= 15 is 0 Å². The number of hydrogen-bond donors (Lipinski definition) is 0. The van der Waals surface area contributed by atoms with Gasteiger partial charge in [-0.05, 0) is 18.7 Å². The lowest BCUT2D eigenvalue weighted by molar-refractivity contribution is -0.419. The van der Waals surface area contributed by atoms with Crippen LogP contribution in [0.15, 0.2) is 38.7 Å². The quantitative estimate of drug-likeness (QED) is 0.473. The summed E-state index contributed by atoms with van der Waals surface area (Å²) in [6, 6.07) is 0. The van der Waals surface area contributed by atoms with Crippen LogP contribution < -0.4 is 0 Å². The van der Waals surface area contributed by atoms with Crippen LogP contribution in [-0.4, -0.2) is 59.9 Å². The summed E-state index contributed by atoms with van der Waals surface area (Å²) in [6.07, 6.45) is -3.38. The molecule has 4 aliphatic rings. The number of ether oxygens (including phenoxy) is 3. The zero-order valence-corrected chi connectivity index (χ0v) is 17.1. The number of likely N-dealkylation sites (tertiary alicyclic amines) is 1. The third-order valence-electron chi connectivity index (χ3n) is 5.38. The highest BCUT2D eigenvalue weighted by atomic mass is 32.2. The number of rotatable bonds is 2. The molecule has 0 bridgehead atoms. The molecule has 1 aliphatic carbocycles. The average molecular weight is 447 g/mol. The molecule has 0 radical (unpaired) electrons. The van der Waals surface area contributed by atoms with Gasteiger partial charge in [-0.2, -0.15) is 18.2 Å². The highest BCUT2D eigenvalue weighted by molar-refractivity contribution is 8.17. The molecule has 0 amide bonds. The van der Waals surface area contributed by atoms with Crippen molar-refractivity contribution in [3.8, 4) is 0 Å². The van der Waals surface area contributed by atoms with E-state index in [2.05, 4.69) is 4.99 Å². The molecule has 3 aliphatic heterocycles. The molecule has 8 nitrogen and oxygen atoms in total. The van der Waals surface area contributed by atoms with Crippen LogP contribution in [0.3, 0.4) is 0 Å². The maximum absolute atomic E-state index is 13.3. The summed E-state index contributed by atoms with van der Waals surface area (Å²) in [4.78, 5) is 17.2. The van der Waals surface area contributed by atoms with E-state index in [4.69, 9.17) is 14.2 Å². The van der Waals surface area contributed by atoms with E-state index in [0.29, 0.717) is 43.8 Å². The van der Waals surface area contributed by atoms with E-state index < -0.39 is 34.6 Å². The molecule has 30 heavy (non-hydrogen) atoms. The summed E-state index contributed by atoms with van der Waals surface area (Å²) in [5.41, 5.74) is -1.51. The normalized spacial score (nSPS) is 26.6. The fourth-order valence-electron chi connectivity index (χ4n) is 3.89. The summed E-state index contributed by atoms with van der Waals surface area (Å²) >= 11 is 1.00. The monoisotopic (exact) mass is 447 g/mol. The van der Waals surface area contributed by atoms with E-state index in [1.807, 2.05) is 11.8 Å². The number of hydrogen-bond acceptors (Lipinski definition) is 8. The first-order valence-electron chi connectivity index (χ1n) is 9.39. The lowest BCUT2D eigenvalue weighted by atomic mass is 9.97. The molecule has 0 aromatic heterocycles. The van der Waals surface area contributed by atoms with Crippen LogP contribution in [0.2, 0.25) is 0 Å². The van der Waals surface area contributed by atoms with Gasteiger partial charge in [0, 0.05) is 49.6 Å². The Morgan fingerprint density at radius 2 is 2.10 bits per heavy atom. The number of fused-ring (bicyclic) bond motifs is 1. The van der Waals surface area contributed by atoms with Gasteiger partial charge in [0.1, 0.15) is 4.91 Å². The second-order valence-corrected chi connectivity index (χ2v) is 8.41. The molecule has 0 aromatic carbocycles. The van der Waals surface area contributed by atoms with Gasteiger partial charge in [-0.25, -0.2) is 0 Å². The summed E-state index contributed by atoms with van der Waals surface area (Å²) in [7, 11) is 1.29. The molecule has 2 fully saturated rings. The van der Waals surface area contributed by atoms with Crippen molar-refractivity contribution in [1.82, 2.24) is 4.90 Å². The van der Waals surface area contributed by atoms with Crippen molar-refractivity contribution >= 4 is 16.9 Å². The summed E-state index contributed by atoms with van der Waals surface area (Å²) < 4.78 is 56.7. The van der Waals surface area contributed by atoms with Gasteiger partial charge in [-0.1, -0.05) is 0 Å². The number of allylic oxidation sites excluding steroid dienone is 3. The van der Waals surface area contributed by atoms with Gasteiger partial charge in [0.05, 0.1) is 24.7 Å². The van der Waals surface area contributed by atoms with E-state index in [0.717, 1.165) is 11.8 Å². The molecule has 4 rings (SSSR count). The van der Waals surface area contributed by atoms with Crippen LogP contribution in [0.25, 0.3) is 0 Å². The number of aliphatic imine (C=N–C) groups is 1. The van der Waals surface area contributed by atoms with Gasteiger partial charge in [0.25, 0.3) is 5.70 Å². The van der Waals surface area contributed by atoms with Crippen molar-refractivity contribution in [1.29, 1.82) is 0 Å². The van der Waals surface area contributed by atoms with Crippen molar-refractivity contribution in [3.05, 3.63) is 43.8 Å². The predicted octanol–water partition coefficient (Wildman–Crippen LogP) is 3.56. The third kappa shape index (κ3) is 3.83. The van der Waals surface area contributed by atoms with E-state index in [1.165, 1.54) is 7.11 Å². The maximum atomic E-state index is 13.3. The van der Waals surface area contributed by atoms with Crippen LogP contribution in [0, 0.1) is 10.1 Å². The Bertz CT molecular complexity index is 888. The van der Waals surface area contributed by atoms with Crippen molar-refractivity contribution < 1.29 is 32.3 Å².